The molecule has 0 fully saturated rings. The standard InChI is InChI=1S/C17H23N3O3/c1-2-23-17(22)16-15(18-13-19-16)12-20(9-6-10-21)11-14-7-4-3-5-8-14/h3-5,7-8,13,21H,2,6,9-12H2,1H3,(H,18,19). The molecule has 0 aliphatic heterocycles. The molecule has 2 aromatic rings. The van der Waals surface area contributed by atoms with Crippen LogP contribution in [0.25, 0.3) is 0 Å². The molecular formula is C17H23N3O3. The largest absolute Gasteiger partial charge is 0.461 e. The number of nitrogens with zero attached hydrogens (tertiary/aromatic N) is 2. The third-order valence-corrected chi connectivity index (χ3v) is 3.45. The second-order valence-electron chi connectivity index (χ2n) is 5.22. The monoisotopic (exact) mass is 317 g/mol. The lowest BCUT2D eigenvalue weighted by atomic mass is 10.2. The number of esters is 1. The minimum atomic E-state index is -0.412. The first-order chi connectivity index (χ1) is 11.2. The number of rotatable bonds is 9. The molecule has 2 rings (SSSR count). The number of aliphatic hydroxyl groups is 1. The number of carbonyl (C=O) groups is 1. The van der Waals surface area contributed by atoms with Gasteiger partial charge < -0.3 is 14.8 Å². The molecule has 1 heterocycles. The molecule has 1 aromatic carbocycles. The Morgan fingerprint density at radius 3 is 2.78 bits per heavy atom. The minimum absolute atomic E-state index is 0.138. The van der Waals surface area contributed by atoms with Crippen LogP contribution in [0.15, 0.2) is 36.7 Å². The molecule has 0 bridgehead atoms. The van der Waals surface area contributed by atoms with Crippen molar-refractivity contribution in [1.82, 2.24) is 14.9 Å². The van der Waals surface area contributed by atoms with Crippen LogP contribution in [-0.4, -0.2) is 45.7 Å². The van der Waals surface area contributed by atoms with E-state index in [0.717, 1.165) is 18.8 Å². The number of benzene rings is 1. The number of ether oxygens (including phenoxy) is 1. The fourth-order valence-corrected chi connectivity index (χ4v) is 2.39. The van der Waals surface area contributed by atoms with Crippen LogP contribution < -0.4 is 0 Å². The van der Waals surface area contributed by atoms with Crippen molar-refractivity contribution in [3.05, 3.63) is 53.6 Å². The van der Waals surface area contributed by atoms with E-state index in [1.165, 1.54) is 11.9 Å². The lowest BCUT2D eigenvalue weighted by Crippen LogP contribution is -2.26. The predicted octanol–water partition coefficient (Wildman–Crippen LogP) is 1.97. The van der Waals surface area contributed by atoms with E-state index in [1.54, 1.807) is 6.92 Å². The number of aromatic nitrogens is 2. The minimum Gasteiger partial charge on any atom is -0.461 e. The average molecular weight is 317 g/mol. The van der Waals surface area contributed by atoms with Gasteiger partial charge in [-0.15, -0.1) is 0 Å². The van der Waals surface area contributed by atoms with Crippen LogP contribution in [0, 0.1) is 0 Å². The van der Waals surface area contributed by atoms with Crippen LogP contribution in [0.5, 0.6) is 0 Å². The molecule has 0 atom stereocenters. The lowest BCUT2D eigenvalue weighted by molar-refractivity contribution is 0.0517. The highest BCUT2D eigenvalue weighted by molar-refractivity contribution is 5.88. The van der Waals surface area contributed by atoms with Crippen molar-refractivity contribution in [1.29, 1.82) is 0 Å². The van der Waals surface area contributed by atoms with E-state index in [9.17, 15) is 4.79 Å². The van der Waals surface area contributed by atoms with Crippen molar-refractivity contribution in [2.45, 2.75) is 26.4 Å². The Kier molecular flexibility index (Phi) is 6.77. The molecule has 0 spiro atoms. The van der Waals surface area contributed by atoms with Crippen LogP contribution in [0.2, 0.25) is 0 Å². The van der Waals surface area contributed by atoms with Crippen molar-refractivity contribution >= 4 is 5.97 Å². The van der Waals surface area contributed by atoms with Gasteiger partial charge in [0.1, 0.15) is 0 Å². The van der Waals surface area contributed by atoms with Gasteiger partial charge in [-0.1, -0.05) is 30.3 Å². The Labute approximate surface area is 136 Å². The maximum atomic E-state index is 11.9. The summed E-state index contributed by atoms with van der Waals surface area (Å²) in [5.41, 5.74) is 2.24. The number of imidazole rings is 1. The van der Waals surface area contributed by atoms with Gasteiger partial charge in [-0.2, -0.15) is 0 Å². The molecule has 124 valence electrons. The Balaban J connectivity index is 2.08. The van der Waals surface area contributed by atoms with Gasteiger partial charge in [0.25, 0.3) is 0 Å². The van der Waals surface area contributed by atoms with Crippen molar-refractivity contribution in [2.24, 2.45) is 0 Å². The zero-order chi connectivity index (χ0) is 16.5. The molecule has 0 saturated carbocycles. The molecule has 0 radical (unpaired) electrons. The molecule has 2 N–H and O–H groups in total. The average Bonchev–Trinajstić information content (AvgIpc) is 3.02. The van der Waals surface area contributed by atoms with Crippen LogP contribution in [0.4, 0.5) is 0 Å². The second-order valence-corrected chi connectivity index (χ2v) is 5.22. The summed E-state index contributed by atoms with van der Waals surface area (Å²) in [6.07, 6.45) is 2.18. The first-order valence-electron chi connectivity index (χ1n) is 7.81. The highest BCUT2D eigenvalue weighted by Gasteiger charge is 2.18. The summed E-state index contributed by atoms with van der Waals surface area (Å²) in [6, 6.07) is 10.1. The van der Waals surface area contributed by atoms with E-state index in [2.05, 4.69) is 27.0 Å². The van der Waals surface area contributed by atoms with Gasteiger partial charge in [0, 0.05) is 26.2 Å². The Bertz CT molecular complexity index is 598. The van der Waals surface area contributed by atoms with Crippen molar-refractivity contribution in [3.63, 3.8) is 0 Å². The van der Waals surface area contributed by atoms with Crippen molar-refractivity contribution in [2.75, 3.05) is 19.8 Å². The molecule has 6 nitrogen and oxygen atoms in total. The molecule has 0 amide bonds. The van der Waals surface area contributed by atoms with E-state index in [4.69, 9.17) is 9.84 Å². The number of aliphatic hydroxyl groups excluding tert-OH is 1. The van der Waals surface area contributed by atoms with E-state index in [0.29, 0.717) is 25.3 Å². The summed E-state index contributed by atoms with van der Waals surface area (Å²) in [7, 11) is 0. The highest BCUT2D eigenvalue weighted by Crippen LogP contribution is 2.12. The molecule has 0 saturated heterocycles. The van der Waals surface area contributed by atoms with Crippen LogP contribution >= 0.6 is 0 Å². The van der Waals surface area contributed by atoms with Gasteiger partial charge in [0.2, 0.25) is 0 Å². The number of aromatic amines is 1. The summed E-state index contributed by atoms with van der Waals surface area (Å²) >= 11 is 0. The number of hydrogen-bond acceptors (Lipinski definition) is 5. The number of nitrogens with one attached hydrogen (secondary N) is 1. The number of H-pyrrole nitrogens is 1. The first-order valence-corrected chi connectivity index (χ1v) is 7.81. The van der Waals surface area contributed by atoms with Crippen molar-refractivity contribution in [3.8, 4) is 0 Å². The Hall–Kier alpha value is -2.18. The van der Waals surface area contributed by atoms with E-state index in [-0.39, 0.29) is 6.61 Å². The molecule has 1 aromatic heterocycles. The van der Waals surface area contributed by atoms with Gasteiger partial charge in [-0.05, 0) is 18.9 Å². The highest BCUT2D eigenvalue weighted by atomic mass is 16.5. The zero-order valence-corrected chi connectivity index (χ0v) is 13.4. The zero-order valence-electron chi connectivity index (χ0n) is 13.4. The third kappa shape index (κ3) is 5.19. The number of hydrogen-bond donors (Lipinski definition) is 2. The lowest BCUT2D eigenvalue weighted by Gasteiger charge is -2.21. The first kappa shape index (κ1) is 17.2. The van der Waals surface area contributed by atoms with Gasteiger partial charge in [-0.3, -0.25) is 4.90 Å². The summed E-state index contributed by atoms with van der Waals surface area (Å²) < 4.78 is 5.03. The topological polar surface area (TPSA) is 78.5 Å². The van der Waals surface area contributed by atoms with Crippen LogP contribution in [0.1, 0.15) is 35.1 Å². The third-order valence-electron chi connectivity index (χ3n) is 3.45. The summed E-state index contributed by atoms with van der Waals surface area (Å²) in [5, 5.41) is 9.10. The summed E-state index contributed by atoms with van der Waals surface area (Å²) in [6.45, 7) is 4.24. The van der Waals surface area contributed by atoms with Crippen LogP contribution in [0.3, 0.4) is 0 Å². The van der Waals surface area contributed by atoms with E-state index in [1.807, 2.05) is 18.2 Å². The maximum absolute atomic E-state index is 11.9. The molecular weight excluding hydrogens is 294 g/mol. The molecule has 6 heteroatoms. The van der Waals surface area contributed by atoms with Gasteiger partial charge in [0.15, 0.2) is 5.69 Å². The summed E-state index contributed by atoms with van der Waals surface area (Å²) in [4.78, 5) is 21.2. The molecule has 0 unspecified atom stereocenters. The smallest absolute Gasteiger partial charge is 0.358 e. The molecule has 0 aliphatic carbocycles. The number of carbonyl (C=O) groups excluding carboxylic acids is 1. The quantitative estimate of drug-likeness (QED) is 0.691. The van der Waals surface area contributed by atoms with E-state index < -0.39 is 5.97 Å². The second kappa shape index (κ2) is 9.07. The van der Waals surface area contributed by atoms with Gasteiger partial charge >= 0.3 is 5.97 Å². The fraction of sp³-hybridized carbons (Fsp3) is 0.412. The predicted molar refractivity (Wildman–Crippen MR) is 86.8 cm³/mol. The van der Waals surface area contributed by atoms with Crippen molar-refractivity contribution < 1.29 is 14.6 Å². The van der Waals surface area contributed by atoms with Gasteiger partial charge in [0.05, 0.1) is 18.6 Å². The summed E-state index contributed by atoms with van der Waals surface area (Å²) in [5.74, 6) is -0.412. The molecule has 0 aliphatic rings. The van der Waals surface area contributed by atoms with Crippen LogP contribution in [-0.2, 0) is 17.8 Å². The fourth-order valence-electron chi connectivity index (χ4n) is 2.39. The Morgan fingerprint density at radius 2 is 2.09 bits per heavy atom. The Morgan fingerprint density at radius 1 is 1.30 bits per heavy atom. The SMILES string of the molecule is CCOC(=O)c1nc[nH]c1CN(CCCO)Cc1ccccc1. The van der Waals surface area contributed by atoms with E-state index >= 15 is 0 Å². The maximum Gasteiger partial charge on any atom is 0.358 e. The molecule has 23 heavy (non-hydrogen) atoms. The normalized spacial score (nSPS) is 10.9. The van der Waals surface area contributed by atoms with Gasteiger partial charge in [-0.25, -0.2) is 9.78 Å².